The first-order valence-electron chi connectivity index (χ1n) is 6.38. The number of nitrogens with one attached hydrogen (secondary N) is 1. The van der Waals surface area contributed by atoms with Crippen molar-refractivity contribution in [3.8, 4) is 6.07 Å². The number of nitrogens with two attached hydrogens (primary N) is 2. The zero-order valence-corrected chi connectivity index (χ0v) is 10.6. The zero-order valence-electron chi connectivity index (χ0n) is 10.6. The molecular formula is C13H21N5. The number of piperazine rings is 1. The maximum absolute atomic E-state index is 8.87. The molecule has 0 bridgehead atoms. The second-order valence-corrected chi connectivity index (χ2v) is 5.17. The lowest BCUT2D eigenvalue weighted by Crippen LogP contribution is -2.58. The fourth-order valence-electron chi connectivity index (χ4n) is 2.52. The van der Waals surface area contributed by atoms with Crippen LogP contribution >= 0.6 is 0 Å². The molecule has 2 aliphatic rings. The fraction of sp³-hybridized carbons (Fsp3) is 0.615. The highest BCUT2D eigenvalue weighted by Crippen LogP contribution is 2.20. The van der Waals surface area contributed by atoms with E-state index < -0.39 is 0 Å². The van der Waals surface area contributed by atoms with E-state index in [1.807, 2.05) is 18.2 Å². The minimum Gasteiger partial charge on any atom is -0.399 e. The Kier molecular flexibility index (Phi) is 4.02. The predicted molar refractivity (Wildman–Crippen MR) is 71.4 cm³/mol. The van der Waals surface area contributed by atoms with Gasteiger partial charge in [-0.2, -0.15) is 5.26 Å². The van der Waals surface area contributed by atoms with Crippen LogP contribution in [0.1, 0.15) is 12.8 Å². The van der Waals surface area contributed by atoms with Gasteiger partial charge in [0.15, 0.2) is 0 Å². The van der Waals surface area contributed by atoms with Gasteiger partial charge in [-0.05, 0) is 12.5 Å². The quantitative estimate of drug-likeness (QED) is 0.635. The molecule has 1 heterocycles. The van der Waals surface area contributed by atoms with Gasteiger partial charge in [0, 0.05) is 37.9 Å². The first kappa shape index (κ1) is 13.1. The molecule has 0 aromatic heterocycles. The number of hydrogen-bond donors (Lipinski definition) is 3. The summed E-state index contributed by atoms with van der Waals surface area (Å²) in [6, 6.07) is 2.52. The van der Waals surface area contributed by atoms with E-state index in [9.17, 15) is 0 Å². The summed E-state index contributed by atoms with van der Waals surface area (Å²) in [4.78, 5) is 2.32. The standard InChI is InChI=1S/C13H21N5/c14-6-3-12-9-17-7-8-18(12)10-13(16)4-1-11(15)2-5-13/h1-2,4,12,17H,3,5,7-10,15-16H2. The Bertz CT molecular complexity index is 395. The minimum atomic E-state index is -0.353. The van der Waals surface area contributed by atoms with Gasteiger partial charge in [0.25, 0.3) is 0 Å². The molecule has 5 N–H and O–H groups in total. The first-order valence-corrected chi connectivity index (χ1v) is 6.38. The third kappa shape index (κ3) is 3.10. The van der Waals surface area contributed by atoms with Crippen LogP contribution in [-0.4, -0.2) is 42.7 Å². The van der Waals surface area contributed by atoms with Crippen molar-refractivity contribution in [3.63, 3.8) is 0 Å². The van der Waals surface area contributed by atoms with Gasteiger partial charge < -0.3 is 16.8 Å². The molecule has 18 heavy (non-hydrogen) atoms. The summed E-state index contributed by atoms with van der Waals surface area (Å²) >= 11 is 0. The Hall–Kier alpha value is -1.35. The lowest BCUT2D eigenvalue weighted by Gasteiger charge is -2.40. The van der Waals surface area contributed by atoms with Crippen molar-refractivity contribution >= 4 is 0 Å². The first-order chi connectivity index (χ1) is 8.63. The van der Waals surface area contributed by atoms with Gasteiger partial charge in [-0.25, -0.2) is 0 Å². The van der Waals surface area contributed by atoms with E-state index in [0.29, 0.717) is 6.42 Å². The summed E-state index contributed by atoms with van der Waals surface area (Å²) in [5.41, 5.74) is 12.5. The highest BCUT2D eigenvalue weighted by Gasteiger charge is 2.30. The van der Waals surface area contributed by atoms with Crippen LogP contribution in [0.5, 0.6) is 0 Å². The molecular weight excluding hydrogens is 226 g/mol. The smallest absolute Gasteiger partial charge is 0.0638 e. The van der Waals surface area contributed by atoms with E-state index in [1.54, 1.807) is 0 Å². The molecule has 1 fully saturated rings. The third-order valence-corrected chi connectivity index (χ3v) is 3.62. The highest BCUT2D eigenvalue weighted by atomic mass is 15.2. The molecule has 0 aromatic rings. The number of allylic oxidation sites excluding steroid dienone is 1. The van der Waals surface area contributed by atoms with Gasteiger partial charge in [-0.3, -0.25) is 4.90 Å². The van der Waals surface area contributed by atoms with Gasteiger partial charge in [-0.15, -0.1) is 0 Å². The maximum atomic E-state index is 8.87. The van der Waals surface area contributed by atoms with Crippen LogP contribution in [0.2, 0.25) is 0 Å². The van der Waals surface area contributed by atoms with Gasteiger partial charge in [-0.1, -0.05) is 12.2 Å². The van der Waals surface area contributed by atoms with Crippen molar-refractivity contribution in [2.45, 2.75) is 24.4 Å². The van der Waals surface area contributed by atoms with Crippen LogP contribution in [0.4, 0.5) is 0 Å². The average Bonchev–Trinajstić information content (AvgIpc) is 2.36. The molecule has 2 rings (SSSR count). The van der Waals surface area contributed by atoms with E-state index in [0.717, 1.165) is 38.3 Å². The predicted octanol–water partition coefficient (Wildman–Crippen LogP) is -0.326. The summed E-state index contributed by atoms with van der Waals surface area (Å²) in [7, 11) is 0. The molecule has 0 radical (unpaired) electrons. The van der Waals surface area contributed by atoms with Crippen LogP contribution in [0.3, 0.4) is 0 Å². The second kappa shape index (κ2) is 5.53. The zero-order chi connectivity index (χ0) is 13.0. The second-order valence-electron chi connectivity index (χ2n) is 5.17. The third-order valence-electron chi connectivity index (χ3n) is 3.62. The summed E-state index contributed by atoms with van der Waals surface area (Å²) in [6.07, 6.45) is 7.16. The van der Waals surface area contributed by atoms with E-state index in [-0.39, 0.29) is 11.6 Å². The largest absolute Gasteiger partial charge is 0.399 e. The Morgan fingerprint density at radius 3 is 3.11 bits per heavy atom. The van der Waals surface area contributed by atoms with Crippen LogP contribution in [0.25, 0.3) is 0 Å². The molecule has 98 valence electrons. The van der Waals surface area contributed by atoms with Gasteiger partial charge in [0.05, 0.1) is 18.0 Å². The number of rotatable bonds is 3. The minimum absolute atomic E-state index is 0.265. The molecule has 0 aromatic carbocycles. The van der Waals surface area contributed by atoms with E-state index in [4.69, 9.17) is 16.7 Å². The Balaban J connectivity index is 1.99. The van der Waals surface area contributed by atoms with E-state index >= 15 is 0 Å². The number of nitriles is 1. The number of nitrogens with zero attached hydrogens (tertiary/aromatic N) is 2. The van der Waals surface area contributed by atoms with Crippen LogP contribution in [0.15, 0.2) is 23.9 Å². The van der Waals surface area contributed by atoms with E-state index in [2.05, 4.69) is 16.3 Å². The van der Waals surface area contributed by atoms with Crippen molar-refractivity contribution in [1.82, 2.24) is 10.2 Å². The summed E-state index contributed by atoms with van der Waals surface area (Å²) in [5, 5.41) is 12.2. The molecule has 1 saturated heterocycles. The molecule has 1 aliphatic carbocycles. The van der Waals surface area contributed by atoms with Gasteiger partial charge in [0.2, 0.25) is 0 Å². The Morgan fingerprint density at radius 2 is 2.44 bits per heavy atom. The van der Waals surface area contributed by atoms with E-state index in [1.165, 1.54) is 0 Å². The van der Waals surface area contributed by atoms with Crippen LogP contribution in [0, 0.1) is 11.3 Å². The van der Waals surface area contributed by atoms with Crippen molar-refractivity contribution in [3.05, 3.63) is 23.9 Å². The molecule has 0 amide bonds. The average molecular weight is 247 g/mol. The molecule has 5 nitrogen and oxygen atoms in total. The van der Waals surface area contributed by atoms with Crippen molar-refractivity contribution in [1.29, 1.82) is 5.26 Å². The SMILES string of the molecule is N#CCC1CNCCN1CC1(N)C=CC(N)=CC1. The van der Waals surface area contributed by atoms with Crippen LogP contribution in [-0.2, 0) is 0 Å². The van der Waals surface area contributed by atoms with Gasteiger partial charge >= 0.3 is 0 Å². The molecule has 2 unspecified atom stereocenters. The maximum Gasteiger partial charge on any atom is 0.0638 e. The Morgan fingerprint density at radius 1 is 1.61 bits per heavy atom. The topological polar surface area (TPSA) is 91.1 Å². The number of hydrogen-bond acceptors (Lipinski definition) is 5. The lowest BCUT2D eigenvalue weighted by molar-refractivity contribution is 0.139. The normalized spacial score (nSPS) is 32.9. The summed E-state index contributed by atoms with van der Waals surface area (Å²) < 4.78 is 0. The Labute approximate surface area is 108 Å². The fourth-order valence-corrected chi connectivity index (χ4v) is 2.52. The summed E-state index contributed by atoms with van der Waals surface area (Å²) in [5.74, 6) is 0. The molecule has 2 atom stereocenters. The summed E-state index contributed by atoms with van der Waals surface area (Å²) in [6.45, 7) is 3.55. The molecule has 0 spiro atoms. The van der Waals surface area contributed by atoms with Crippen molar-refractivity contribution in [2.75, 3.05) is 26.2 Å². The monoisotopic (exact) mass is 247 g/mol. The highest BCUT2D eigenvalue weighted by molar-refractivity contribution is 5.27. The van der Waals surface area contributed by atoms with Crippen molar-refractivity contribution in [2.24, 2.45) is 11.5 Å². The molecule has 0 saturated carbocycles. The van der Waals surface area contributed by atoms with Crippen molar-refractivity contribution < 1.29 is 0 Å². The molecule has 5 heteroatoms. The van der Waals surface area contributed by atoms with Gasteiger partial charge in [0.1, 0.15) is 0 Å². The lowest BCUT2D eigenvalue weighted by atomic mass is 9.90. The van der Waals surface area contributed by atoms with Crippen LogP contribution < -0.4 is 16.8 Å². The molecule has 1 aliphatic heterocycles.